The second kappa shape index (κ2) is 10.8. The highest BCUT2D eigenvalue weighted by molar-refractivity contribution is 14.0. The number of guanidine groups is 1. The molecule has 1 aromatic heterocycles. The second-order valence-corrected chi connectivity index (χ2v) is 9.48. The van der Waals surface area contributed by atoms with Gasteiger partial charge in [0.25, 0.3) is 0 Å². The molecule has 8 nitrogen and oxygen atoms in total. The van der Waals surface area contributed by atoms with Crippen LogP contribution in [0.1, 0.15) is 25.2 Å². The van der Waals surface area contributed by atoms with Crippen LogP contribution in [0.2, 0.25) is 0 Å². The number of rotatable bonds is 6. The van der Waals surface area contributed by atoms with E-state index in [1.54, 1.807) is 7.05 Å². The Bertz CT molecular complexity index is 966. The Morgan fingerprint density at radius 1 is 1.20 bits per heavy atom. The summed E-state index contributed by atoms with van der Waals surface area (Å²) in [6, 6.07) is 7.90. The number of ether oxygens (including phenoxy) is 1. The number of morpholine rings is 1. The molecule has 1 aromatic carbocycles. The van der Waals surface area contributed by atoms with Crippen molar-refractivity contribution in [2.75, 3.05) is 32.4 Å². The van der Waals surface area contributed by atoms with Crippen molar-refractivity contribution in [1.29, 1.82) is 0 Å². The molecule has 2 N–H and O–H groups in total. The van der Waals surface area contributed by atoms with Crippen LogP contribution >= 0.6 is 24.0 Å². The fraction of sp³-hybridized carbons (Fsp3) is 0.550. The summed E-state index contributed by atoms with van der Waals surface area (Å²) >= 11 is 0. The van der Waals surface area contributed by atoms with Crippen LogP contribution in [-0.2, 0) is 21.3 Å². The lowest BCUT2D eigenvalue weighted by Crippen LogP contribution is -2.50. The zero-order valence-electron chi connectivity index (χ0n) is 17.8. The van der Waals surface area contributed by atoms with Crippen LogP contribution in [0, 0.1) is 6.92 Å². The van der Waals surface area contributed by atoms with Gasteiger partial charge in [-0.15, -0.1) is 24.0 Å². The third kappa shape index (κ3) is 6.08. The van der Waals surface area contributed by atoms with Gasteiger partial charge in [0.05, 0.1) is 24.5 Å². The SMILES string of the molecule is CN=C(NCCS(=O)(=O)N1CC(C)OC(C)C1)NCc1oc2ccccc2c1C.I. The van der Waals surface area contributed by atoms with Crippen molar-refractivity contribution in [1.82, 2.24) is 14.9 Å². The lowest BCUT2D eigenvalue weighted by Gasteiger charge is -2.34. The lowest BCUT2D eigenvalue weighted by atomic mass is 10.1. The maximum atomic E-state index is 12.6. The van der Waals surface area contributed by atoms with Gasteiger partial charge in [-0.05, 0) is 26.8 Å². The number of halogens is 1. The molecule has 0 radical (unpaired) electrons. The molecule has 1 saturated heterocycles. The van der Waals surface area contributed by atoms with Gasteiger partial charge in [0.1, 0.15) is 11.3 Å². The number of nitrogens with zero attached hydrogens (tertiary/aromatic N) is 2. The lowest BCUT2D eigenvalue weighted by molar-refractivity contribution is -0.0440. The molecule has 2 unspecified atom stereocenters. The monoisotopic (exact) mass is 550 g/mol. The predicted molar refractivity (Wildman–Crippen MR) is 130 cm³/mol. The Labute approximate surface area is 195 Å². The van der Waals surface area contributed by atoms with Crippen LogP contribution in [0.25, 0.3) is 11.0 Å². The highest BCUT2D eigenvalue weighted by Crippen LogP contribution is 2.24. The fourth-order valence-electron chi connectivity index (χ4n) is 3.56. The zero-order chi connectivity index (χ0) is 21.0. The van der Waals surface area contributed by atoms with Crippen molar-refractivity contribution in [2.45, 2.75) is 39.5 Å². The van der Waals surface area contributed by atoms with Crippen molar-refractivity contribution in [3.63, 3.8) is 0 Å². The molecule has 2 aromatic rings. The van der Waals surface area contributed by atoms with E-state index < -0.39 is 10.0 Å². The summed E-state index contributed by atoms with van der Waals surface area (Å²) in [6.45, 7) is 7.32. The molecule has 0 aliphatic carbocycles. The van der Waals surface area contributed by atoms with E-state index in [4.69, 9.17) is 9.15 Å². The first-order chi connectivity index (χ1) is 13.8. The van der Waals surface area contributed by atoms with E-state index in [1.165, 1.54) is 4.31 Å². The molecular formula is C20H31IN4O4S. The van der Waals surface area contributed by atoms with Crippen molar-refractivity contribution in [2.24, 2.45) is 4.99 Å². The first-order valence-corrected chi connectivity index (χ1v) is 11.5. The highest BCUT2D eigenvalue weighted by atomic mass is 127. The molecule has 0 amide bonds. The van der Waals surface area contributed by atoms with E-state index in [1.807, 2.05) is 45.0 Å². The third-order valence-corrected chi connectivity index (χ3v) is 6.82. The van der Waals surface area contributed by atoms with Gasteiger partial charge in [-0.2, -0.15) is 4.31 Å². The van der Waals surface area contributed by atoms with Crippen LogP contribution in [0.3, 0.4) is 0 Å². The molecule has 1 aliphatic heterocycles. The van der Waals surface area contributed by atoms with Gasteiger partial charge < -0.3 is 19.8 Å². The number of fused-ring (bicyclic) bond motifs is 1. The molecule has 168 valence electrons. The number of aryl methyl sites for hydroxylation is 1. The number of furan rings is 1. The molecule has 2 atom stereocenters. The quantitative estimate of drug-likeness (QED) is 0.326. The van der Waals surface area contributed by atoms with Crippen molar-refractivity contribution in [3.8, 4) is 0 Å². The maximum Gasteiger partial charge on any atom is 0.216 e. The summed E-state index contributed by atoms with van der Waals surface area (Å²) in [5.74, 6) is 1.36. The van der Waals surface area contributed by atoms with E-state index in [-0.39, 0.29) is 48.5 Å². The summed E-state index contributed by atoms with van der Waals surface area (Å²) in [4.78, 5) is 4.17. The third-order valence-electron chi connectivity index (χ3n) is 5.01. The minimum Gasteiger partial charge on any atom is -0.459 e. The smallest absolute Gasteiger partial charge is 0.216 e. The van der Waals surface area contributed by atoms with Gasteiger partial charge in [0, 0.05) is 37.6 Å². The second-order valence-electron chi connectivity index (χ2n) is 7.39. The summed E-state index contributed by atoms with van der Waals surface area (Å²) in [5, 5.41) is 7.34. The first-order valence-electron chi connectivity index (χ1n) is 9.85. The van der Waals surface area contributed by atoms with E-state index in [9.17, 15) is 8.42 Å². The number of hydrogen-bond acceptors (Lipinski definition) is 5. The first kappa shape index (κ1) is 24.9. The van der Waals surface area contributed by atoms with Crippen molar-refractivity contribution in [3.05, 3.63) is 35.6 Å². The minimum atomic E-state index is -3.35. The van der Waals surface area contributed by atoms with Crippen LogP contribution in [0.4, 0.5) is 0 Å². The summed E-state index contributed by atoms with van der Waals surface area (Å²) < 4.78 is 38.3. The number of nitrogens with one attached hydrogen (secondary N) is 2. The maximum absolute atomic E-state index is 12.6. The summed E-state index contributed by atoms with van der Waals surface area (Å²) in [6.07, 6.45) is -0.189. The summed E-state index contributed by atoms with van der Waals surface area (Å²) in [5.41, 5.74) is 1.94. The van der Waals surface area contributed by atoms with E-state index >= 15 is 0 Å². The van der Waals surface area contributed by atoms with Crippen molar-refractivity contribution < 1.29 is 17.6 Å². The Morgan fingerprint density at radius 2 is 1.87 bits per heavy atom. The molecule has 1 fully saturated rings. The molecular weight excluding hydrogens is 519 g/mol. The Morgan fingerprint density at radius 3 is 2.50 bits per heavy atom. The topological polar surface area (TPSA) is 96.2 Å². The van der Waals surface area contributed by atoms with Crippen LogP contribution in [0.5, 0.6) is 0 Å². The normalized spacial score (nSPS) is 20.7. The van der Waals surface area contributed by atoms with E-state index in [0.29, 0.717) is 25.6 Å². The average molecular weight is 550 g/mol. The molecule has 1 aliphatic rings. The molecule has 3 rings (SSSR count). The number of hydrogen-bond donors (Lipinski definition) is 2. The standard InChI is InChI=1S/C20H30N4O4S.HI/c1-14-12-24(13-15(2)27-14)29(25,26)10-9-22-20(21-4)23-11-19-16(3)17-7-5-6-8-18(17)28-19;/h5-8,14-15H,9-13H2,1-4H3,(H2,21,22,23);1H. The zero-order valence-corrected chi connectivity index (χ0v) is 21.0. The van der Waals surface area contributed by atoms with Gasteiger partial charge in [-0.3, -0.25) is 4.99 Å². The Hall–Kier alpha value is -1.37. The number of aliphatic imine (C=N–C) groups is 1. The van der Waals surface area contributed by atoms with Gasteiger partial charge in [-0.25, -0.2) is 8.42 Å². The number of sulfonamides is 1. The molecule has 2 heterocycles. The van der Waals surface area contributed by atoms with Gasteiger partial charge in [-0.1, -0.05) is 18.2 Å². The molecule has 10 heteroatoms. The largest absolute Gasteiger partial charge is 0.459 e. The Balaban J connectivity index is 0.00000320. The van der Waals surface area contributed by atoms with Gasteiger partial charge in [0.2, 0.25) is 10.0 Å². The predicted octanol–water partition coefficient (Wildman–Crippen LogP) is 2.46. The fourth-order valence-corrected chi connectivity index (χ4v) is 5.06. The molecule has 30 heavy (non-hydrogen) atoms. The van der Waals surface area contributed by atoms with Crippen LogP contribution < -0.4 is 10.6 Å². The van der Waals surface area contributed by atoms with E-state index in [2.05, 4.69) is 15.6 Å². The highest BCUT2D eigenvalue weighted by Gasteiger charge is 2.30. The van der Waals surface area contributed by atoms with E-state index in [0.717, 1.165) is 22.3 Å². The summed E-state index contributed by atoms with van der Waals surface area (Å²) in [7, 11) is -1.70. The van der Waals surface area contributed by atoms with Gasteiger partial charge >= 0.3 is 0 Å². The molecule has 0 bridgehead atoms. The molecule has 0 saturated carbocycles. The number of para-hydroxylation sites is 1. The van der Waals surface area contributed by atoms with Crippen LogP contribution in [-0.4, -0.2) is 63.3 Å². The number of benzene rings is 1. The van der Waals surface area contributed by atoms with Gasteiger partial charge in [0.15, 0.2) is 5.96 Å². The minimum absolute atomic E-state index is 0. The average Bonchev–Trinajstić information content (AvgIpc) is 3.00. The van der Waals surface area contributed by atoms with Crippen LogP contribution in [0.15, 0.2) is 33.7 Å². The Kier molecular flexibility index (Phi) is 8.95. The van der Waals surface area contributed by atoms with Crippen molar-refractivity contribution >= 4 is 50.9 Å². The molecule has 0 spiro atoms.